The molecule has 4 heteroatoms. The smallest absolute Gasteiger partial charge is 0.234 e. The van der Waals surface area contributed by atoms with Gasteiger partial charge in [0.05, 0.1) is 12.6 Å². The molecule has 2 aliphatic carbocycles. The predicted molar refractivity (Wildman–Crippen MR) is 57.4 cm³/mol. The molecule has 2 fully saturated rings. The van der Waals surface area contributed by atoms with Gasteiger partial charge >= 0.3 is 0 Å². The first-order valence-electron chi connectivity index (χ1n) is 5.94. The van der Waals surface area contributed by atoms with Gasteiger partial charge in [0.2, 0.25) is 5.91 Å². The summed E-state index contributed by atoms with van der Waals surface area (Å²) in [5.74, 6) is 0.434. The lowest BCUT2D eigenvalue weighted by Gasteiger charge is -2.14. The lowest BCUT2D eigenvalue weighted by molar-refractivity contribution is -0.120. The molecule has 0 bridgehead atoms. The number of aliphatic hydroxyl groups excluding tert-OH is 1. The Morgan fingerprint density at radius 2 is 2.07 bits per heavy atom. The van der Waals surface area contributed by atoms with Gasteiger partial charge in [0.25, 0.3) is 0 Å². The van der Waals surface area contributed by atoms with E-state index in [4.69, 9.17) is 0 Å². The van der Waals surface area contributed by atoms with Crippen molar-refractivity contribution in [2.45, 2.75) is 44.2 Å². The lowest BCUT2D eigenvalue weighted by atomic mass is 10.1. The summed E-state index contributed by atoms with van der Waals surface area (Å²) in [6, 6.07) is 0.441. The van der Waals surface area contributed by atoms with E-state index in [0.29, 0.717) is 18.5 Å². The first-order valence-corrected chi connectivity index (χ1v) is 5.94. The second-order valence-electron chi connectivity index (χ2n) is 4.73. The maximum Gasteiger partial charge on any atom is 0.234 e. The molecule has 2 rings (SSSR count). The van der Waals surface area contributed by atoms with Crippen LogP contribution in [0.3, 0.4) is 0 Å². The first-order chi connectivity index (χ1) is 7.25. The number of rotatable bonds is 5. The van der Waals surface area contributed by atoms with Crippen molar-refractivity contribution in [2.75, 3.05) is 13.1 Å². The van der Waals surface area contributed by atoms with Crippen LogP contribution in [0.15, 0.2) is 0 Å². The van der Waals surface area contributed by atoms with Crippen molar-refractivity contribution in [3.8, 4) is 0 Å². The standard InChI is InChI=1S/C11H20N2O2/c14-10-3-1-2-8(10)6-12-7-11(15)13-9-4-5-9/h8-10,12,14H,1-7H2,(H,13,15). The highest BCUT2D eigenvalue weighted by atomic mass is 16.3. The van der Waals surface area contributed by atoms with Crippen LogP contribution in [0.5, 0.6) is 0 Å². The fourth-order valence-corrected chi connectivity index (χ4v) is 2.13. The number of hydrogen-bond acceptors (Lipinski definition) is 3. The molecule has 2 atom stereocenters. The van der Waals surface area contributed by atoms with Gasteiger partial charge in [-0.25, -0.2) is 0 Å². The Labute approximate surface area is 90.4 Å². The fraction of sp³-hybridized carbons (Fsp3) is 0.909. The normalized spacial score (nSPS) is 30.5. The van der Waals surface area contributed by atoms with Crippen molar-refractivity contribution in [1.82, 2.24) is 10.6 Å². The van der Waals surface area contributed by atoms with Gasteiger partial charge in [-0.1, -0.05) is 6.42 Å². The maximum absolute atomic E-state index is 11.3. The highest BCUT2D eigenvalue weighted by molar-refractivity contribution is 5.78. The molecule has 2 saturated carbocycles. The van der Waals surface area contributed by atoms with E-state index in [9.17, 15) is 9.90 Å². The average Bonchev–Trinajstić information content (AvgIpc) is 2.91. The molecule has 0 heterocycles. The fourth-order valence-electron chi connectivity index (χ4n) is 2.13. The summed E-state index contributed by atoms with van der Waals surface area (Å²) in [4.78, 5) is 11.3. The van der Waals surface area contributed by atoms with Crippen molar-refractivity contribution in [1.29, 1.82) is 0 Å². The van der Waals surface area contributed by atoms with Crippen LogP contribution in [-0.2, 0) is 4.79 Å². The number of nitrogens with one attached hydrogen (secondary N) is 2. The quantitative estimate of drug-likeness (QED) is 0.602. The third-order valence-corrected chi connectivity index (χ3v) is 3.25. The van der Waals surface area contributed by atoms with Crippen molar-refractivity contribution in [3.63, 3.8) is 0 Å². The van der Waals surface area contributed by atoms with E-state index in [1.807, 2.05) is 0 Å². The molecule has 0 radical (unpaired) electrons. The molecule has 0 aromatic carbocycles. The molecule has 2 unspecified atom stereocenters. The molecule has 1 amide bonds. The Kier molecular flexibility index (Phi) is 3.59. The van der Waals surface area contributed by atoms with Gasteiger partial charge in [0, 0.05) is 12.6 Å². The Morgan fingerprint density at radius 1 is 1.27 bits per heavy atom. The number of carbonyl (C=O) groups is 1. The van der Waals surface area contributed by atoms with E-state index >= 15 is 0 Å². The van der Waals surface area contributed by atoms with E-state index in [2.05, 4.69) is 10.6 Å². The van der Waals surface area contributed by atoms with Crippen molar-refractivity contribution >= 4 is 5.91 Å². The molecule has 2 aliphatic rings. The molecule has 0 aromatic heterocycles. The van der Waals surface area contributed by atoms with E-state index in [1.165, 1.54) is 0 Å². The van der Waals surface area contributed by atoms with Crippen molar-refractivity contribution in [3.05, 3.63) is 0 Å². The van der Waals surface area contributed by atoms with Crippen LogP contribution in [0.2, 0.25) is 0 Å². The van der Waals surface area contributed by atoms with Gasteiger partial charge in [-0.3, -0.25) is 4.79 Å². The largest absolute Gasteiger partial charge is 0.393 e. The molecule has 0 spiro atoms. The van der Waals surface area contributed by atoms with Crippen LogP contribution in [0.4, 0.5) is 0 Å². The summed E-state index contributed by atoms with van der Waals surface area (Å²) >= 11 is 0. The number of aliphatic hydroxyl groups is 1. The van der Waals surface area contributed by atoms with Crippen LogP contribution >= 0.6 is 0 Å². The Balaban J connectivity index is 1.55. The molecule has 0 aliphatic heterocycles. The molecule has 0 saturated heterocycles. The summed E-state index contributed by atoms with van der Waals surface area (Å²) in [6.45, 7) is 1.15. The molecular weight excluding hydrogens is 192 g/mol. The number of hydrogen-bond donors (Lipinski definition) is 3. The van der Waals surface area contributed by atoms with Gasteiger partial charge < -0.3 is 15.7 Å². The highest BCUT2D eigenvalue weighted by Crippen LogP contribution is 2.24. The van der Waals surface area contributed by atoms with Crippen LogP contribution in [0.25, 0.3) is 0 Å². The summed E-state index contributed by atoms with van der Waals surface area (Å²) < 4.78 is 0. The predicted octanol–water partition coefficient (Wildman–Crippen LogP) is 0.0156. The highest BCUT2D eigenvalue weighted by Gasteiger charge is 2.25. The van der Waals surface area contributed by atoms with Gasteiger partial charge in [0.15, 0.2) is 0 Å². The monoisotopic (exact) mass is 212 g/mol. The molecule has 3 N–H and O–H groups in total. The topological polar surface area (TPSA) is 61.4 Å². The maximum atomic E-state index is 11.3. The van der Waals surface area contributed by atoms with Gasteiger partial charge in [0.1, 0.15) is 0 Å². The minimum Gasteiger partial charge on any atom is -0.393 e. The third kappa shape index (κ3) is 3.47. The zero-order chi connectivity index (χ0) is 10.7. The molecule has 15 heavy (non-hydrogen) atoms. The minimum absolute atomic E-state index is 0.0880. The summed E-state index contributed by atoms with van der Waals surface area (Å²) in [6.07, 6.45) is 5.21. The van der Waals surface area contributed by atoms with Crippen LogP contribution in [-0.4, -0.2) is 36.2 Å². The van der Waals surface area contributed by atoms with Crippen LogP contribution in [0, 0.1) is 5.92 Å². The third-order valence-electron chi connectivity index (χ3n) is 3.25. The van der Waals surface area contributed by atoms with Gasteiger partial charge in [-0.15, -0.1) is 0 Å². The Bertz CT molecular complexity index is 229. The molecule has 86 valence electrons. The minimum atomic E-state index is -0.163. The SMILES string of the molecule is O=C(CNCC1CCCC1O)NC1CC1. The Hall–Kier alpha value is -0.610. The van der Waals surface area contributed by atoms with Crippen LogP contribution < -0.4 is 10.6 Å². The number of carbonyl (C=O) groups excluding carboxylic acids is 1. The van der Waals surface area contributed by atoms with Gasteiger partial charge in [-0.2, -0.15) is 0 Å². The first kappa shape index (κ1) is 10.9. The Morgan fingerprint density at radius 3 is 2.67 bits per heavy atom. The second-order valence-corrected chi connectivity index (χ2v) is 4.73. The zero-order valence-electron chi connectivity index (χ0n) is 9.04. The van der Waals surface area contributed by atoms with E-state index in [-0.39, 0.29) is 12.0 Å². The van der Waals surface area contributed by atoms with E-state index < -0.39 is 0 Å². The second kappa shape index (κ2) is 4.94. The number of amides is 1. The summed E-state index contributed by atoms with van der Waals surface area (Å²) in [7, 11) is 0. The molecular formula is C11H20N2O2. The zero-order valence-corrected chi connectivity index (χ0v) is 9.04. The van der Waals surface area contributed by atoms with Gasteiger partial charge in [-0.05, 0) is 31.6 Å². The van der Waals surface area contributed by atoms with Crippen molar-refractivity contribution in [2.24, 2.45) is 5.92 Å². The van der Waals surface area contributed by atoms with E-state index in [0.717, 1.165) is 38.6 Å². The molecule has 4 nitrogen and oxygen atoms in total. The lowest BCUT2D eigenvalue weighted by Crippen LogP contribution is -2.38. The van der Waals surface area contributed by atoms with Crippen molar-refractivity contribution < 1.29 is 9.90 Å². The average molecular weight is 212 g/mol. The van der Waals surface area contributed by atoms with E-state index in [1.54, 1.807) is 0 Å². The summed E-state index contributed by atoms with van der Waals surface area (Å²) in [5.41, 5.74) is 0. The summed E-state index contributed by atoms with van der Waals surface area (Å²) in [5, 5.41) is 15.6. The molecule has 0 aromatic rings. The van der Waals surface area contributed by atoms with Crippen LogP contribution in [0.1, 0.15) is 32.1 Å².